The number of phenols is 1. The second-order valence-corrected chi connectivity index (χ2v) is 5.49. The van der Waals surface area contributed by atoms with Crippen LogP contribution < -0.4 is 16.0 Å². The van der Waals surface area contributed by atoms with E-state index in [-0.39, 0.29) is 17.8 Å². The molecule has 0 unspecified atom stereocenters. The van der Waals surface area contributed by atoms with Gasteiger partial charge < -0.3 is 21.1 Å². The maximum atomic E-state index is 11.6. The van der Waals surface area contributed by atoms with Crippen LogP contribution in [0, 0.1) is 0 Å². The van der Waals surface area contributed by atoms with E-state index < -0.39 is 0 Å². The molecule has 0 spiro atoms. The summed E-state index contributed by atoms with van der Waals surface area (Å²) in [5, 5.41) is 19.6. The normalized spacial score (nSPS) is 13.6. The van der Waals surface area contributed by atoms with E-state index >= 15 is 0 Å². The average molecular weight is 291 g/mol. The summed E-state index contributed by atoms with van der Waals surface area (Å²) in [6.07, 6.45) is 3.51. The van der Waals surface area contributed by atoms with Crippen molar-refractivity contribution in [1.82, 2.24) is 10.6 Å². The smallest absolute Gasteiger partial charge is 0.228 e. The number of anilines is 1. The molecule has 1 heterocycles. The number of rotatable bonds is 8. The van der Waals surface area contributed by atoms with E-state index in [1.165, 1.54) is 0 Å². The fourth-order valence-corrected chi connectivity index (χ4v) is 2.63. The Morgan fingerprint density at radius 1 is 1.24 bits per heavy atom. The Labute approximate surface area is 126 Å². The van der Waals surface area contributed by atoms with Crippen molar-refractivity contribution in [3.63, 3.8) is 0 Å². The molecule has 1 aromatic carbocycles. The molecular weight excluding hydrogens is 266 g/mol. The summed E-state index contributed by atoms with van der Waals surface area (Å²) in [6.45, 7) is 6.20. The quantitative estimate of drug-likeness (QED) is 0.435. The molecule has 0 atom stereocenters. The van der Waals surface area contributed by atoms with Crippen LogP contribution in [0.1, 0.15) is 37.8 Å². The van der Waals surface area contributed by atoms with Crippen LogP contribution in [0.3, 0.4) is 0 Å². The molecule has 21 heavy (non-hydrogen) atoms. The Bertz CT molecular complexity index is 495. The number of carbonyl (C=O) groups excluding carboxylic acids is 1. The van der Waals surface area contributed by atoms with Crippen LogP contribution in [0.15, 0.2) is 12.1 Å². The predicted molar refractivity (Wildman–Crippen MR) is 84.5 cm³/mol. The zero-order valence-corrected chi connectivity index (χ0v) is 12.8. The first-order valence-electron chi connectivity index (χ1n) is 7.76. The van der Waals surface area contributed by atoms with Gasteiger partial charge in [0.15, 0.2) is 0 Å². The zero-order valence-electron chi connectivity index (χ0n) is 12.8. The van der Waals surface area contributed by atoms with Crippen LogP contribution >= 0.6 is 0 Å². The van der Waals surface area contributed by atoms with Crippen LogP contribution in [0.4, 0.5) is 5.69 Å². The summed E-state index contributed by atoms with van der Waals surface area (Å²) >= 11 is 0. The molecule has 1 aliphatic heterocycles. The van der Waals surface area contributed by atoms with Gasteiger partial charge in [-0.2, -0.15) is 0 Å². The van der Waals surface area contributed by atoms with Crippen molar-refractivity contribution >= 4 is 11.6 Å². The summed E-state index contributed by atoms with van der Waals surface area (Å²) in [4.78, 5) is 11.6. The number of amides is 1. The van der Waals surface area contributed by atoms with Gasteiger partial charge in [0.25, 0.3) is 0 Å². The van der Waals surface area contributed by atoms with Crippen molar-refractivity contribution in [3.8, 4) is 5.75 Å². The minimum absolute atomic E-state index is 0.0488. The van der Waals surface area contributed by atoms with Gasteiger partial charge in [-0.15, -0.1) is 0 Å². The lowest BCUT2D eigenvalue weighted by Crippen LogP contribution is -2.44. The van der Waals surface area contributed by atoms with Crippen molar-refractivity contribution in [1.29, 1.82) is 0 Å². The van der Waals surface area contributed by atoms with Gasteiger partial charge in [-0.3, -0.25) is 4.79 Å². The third-order valence-electron chi connectivity index (χ3n) is 3.70. The van der Waals surface area contributed by atoms with Gasteiger partial charge in [0, 0.05) is 6.42 Å². The predicted octanol–water partition coefficient (Wildman–Crippen LogP) is 1.75. The van der Waals surface area contributed by atoms with E-state index in [0.29, 0.717) is 12.1 Å². The van der Waals surface area contributed by atoms with Crippen LogP contribution in [-0.4, -0.2) is 30.3 Å². The van der Waals surface area contributed by atoms with E-state index in [1.54, 1.807) is 6.07 Å². The van der Waals surface area contributed by atoms with E-state index in [2.05, 4.69) is 29.8 Å². The van der Waals surface area contributed by atoms with Crippen molar-refractivity contribution in [2.45, 2.75) is 45.7 Å². The highest BCUT2D eigenvalue weighted by atomic mass is 16.3. The van der Waals surface area contributed by atoms with Crippen LogP contribution in [0.5, 0.6) is 5.75 Å². The Kier molecular flexibility index (Phi) is 5.59. The fourth-order valence-electron chi connectivity index (χ4n) is 2.63. The molecule has 1 amide bonds. The number of carbonyl (C=O) groups is 1. The number of benzene rings is 1. The number of fused-ring (bicyclic) bond motifs is 1. The second-order valence-electron chi connectivity index (χ2n) is 5.49. The highest BCUT2D eigenvalue weighted by molar-refractivity contribution is 6.01. The van der Waals surface area contributed by atoms with Crippen molar-refractivity contribution in [2.75, 3.05) is 18.4 Å². The lowest BCUT2D eigenvalue weighted by Gasteiger charge is -2.21. The van der Waals surface area contributed by atoms with Crippen LogP contribution in [0.25, 0.3) is 0 Å². The lowest BCUT2D eigenvalue weighted by atomic mass is 10.00. The first-order chi connectivity index (χ1) is 10.2. The molecule has 4 N–H and O–H groups in total. The monoisotopic (exact) mass is 291 g/mol. The van der Waals surface area contributed by atoms with Gasteiger partial charge in [-0.05, 0) is 43.1 Å². The number of hydrogen-bond donors (Lipinski definition) is 4. The maximum Gasteiger partial charge on any atom is 0.228 e. The molecule has 2 rings (SSSR count). The van der Waals surface area contributed by atoms with Crippen LogP contribution in [0.2, 0.25) is 0 Å². The van der Waals surface area contributed by atoms with E-state index in [0.717, 1.165) is 43.5 Å². The van der Waals surface area contributed by atoms with E-state index in [9.17, 15) is 9.90 Å². The Balaban J connectivity index is 2.13. The molecule has 0 fully saturated rings. The highest BCUT2D eigenvalue weighted by Gasteiger charge is 2.24. The minimum atomic E-state index is -0.0488. The van der Waals surface area contributed by atoms with E-state index in [4.69, 9.17) is 0 Å². The molecule has 5 nitrogen and oxygen atoms in total. The lowest BCUT2D eigenvalue weighted by molar-refractivity contribution is -0.115. The van der Waals surface area contributed by atoms with Gasteiger partial charge in [0.1, 0.15) is 5.75 Å². The summed E-state index contributed by atoms with van der Waals surface area (Å²) in [6, 6.07) is 3.58. The molecule has 0 saturated carbocycles. The number of nitrogens with one attached hydrogen (secondary N) is 3. The summed E-state index contributed by atoms with van der Waals surface area (Å²) < 4.78 is 0. The van der Waals surface area contributed by atoms with Gasteiger partial charge in [0.2, 0.25) is 5.91 Å². The number of aromatic hydroxyl groups is 1. The molecule has 1 aliphatic rings. The average Bonchev–Trinajstić information content (AvgIpc) is 2.87. The Hall–Kier alpha value is -1.59. The van der Waals surface area contributed by atoms with Crippen molar-refractivity contribution in [3.05, 3.63) is 23.3 Å². The highest BCUT2D eigenvalue weighted by Crippen LogP contribution is 2.35. The SMILES string of the molecule is CCCNC(Cc1ccc(O)c2c1CC(=O)N2)NCCC. The third kappa shape index (κ3) is 3.95. The zero-order chi connectivity index (χ0) is 15.2. The first-order valence-corrected chi connectivity index (χ1v) is 7.76. The molecule has 5 heteroatoms. The van der Waals surface area contributed by atoms with Gasteiger partial charge in [-0.1, -0.05) is 19.9 Å². The van der Waals surface area contributed by atoms with Crippen molar-refractivity contribution in [2.24, 2.45) is 0 Å². The summed E-state index contributed by atoms with van der Waals surface area (Å²) in [7, 11) is 0. The molecule has 0 radical (unpaired) electrons. The standard InChI is InChI=1S/C16H25N3O2/c1-3-7-17-14(18-8-4-2)9-11-5-6-13(20)16-12(11)10-15(21)19-16/h5-6,14,17-18,20H,3-4,7-10H2,1-2H3,(H,19,21). The van der Waals surface area contributed by atoms with Crippen LogP contribution in [-0.2, 0) is 17.6 Å². The van der Waals surface area contributed by atoms with Gasteiger partial charge >= 0.3 is 0 Å². The third-order valence-corrected chi connectivity index (χ3v) is 3.70. The molecule has 0 bridgehead atoms. The topological polar surface area (TPSA) is 73.4 Å². The molecule has 1 aromatic rings. The first kappa shape index (κ1) is 15.8. The maximum absolute atomic E-state index is 11.6. The summed E-state index contributed by atoms with van der Waals surface area (Å²) in [5.74, 6) is 0.103. The van der Waals surface area contributed by atoms with Gasteiger partial charge in [0.05, 0.1) is 18.3 Å². The molecule has 0 saturated heterocycles. The molecule has 0 aliphatic carbocycles. The molecular formula is C16H25N3O2. The number of phenolic OH excluding ortho intramolecular Hbond substituents is 1. The molecule has 116 valence electrons. The Morgan fingerprint density at radius 2 is 1.90 bits per heavy atom. The second kappa shape index (κ2) is 7.43. The minimum Gasteiger partial charge on any atom is -0.506 e. The van der Waals surface area contributed by atoms with Crippen molar-refractivity contribution < 1.29 is 9.90 Å². The fraction of sp³-hybridized carbons (Fsp3) is 0.562. The largest absolute Gasteiger partial charge is 0.506 e. The molecule has 0 aromatic heterocycles. The summed E-state index contributed by atoms with van der Waals surface area (Å²) in [5.41, 5.74) is 2.63. The Morgan fingerprint density at radius 3 is 2.52 bits per heavy atom. The van der Waals surface area contributed by atoms with E-state index in [1.807, 2.05) is 6.07 Å². The van der Waals surface area contributed by atoms with Gasteiger partial charge in [-0.25, -0.2) is 0 Å². The number of hydrogen-bond acceptors (Lipinski definition) is 4.